The molecule has 0 unspecified atom stereocenters. The highest BCUT2D eigenvalue weighted by atomic mass is 16.5. The van der Waals surface area contributed by atoms with Crippen LogP contribution in [0.5, 0.6) is 5.75 Å². The van der Waals surface area contributed by atoms with Gasteiger partial charge in [-0.1, -0.05) is 103 Å². The summed E-state index contributed by atoms with van der Waals surface area (Å²) >= 11 is 0. The van der Waals surface area contributed by atoms with Gasteiger partial charge in [-0.05, 0) is 44.6 Å². The molecule has 0 atom stereocenters. The maximum absolute atomic E-state index is 11.8. The lowest BCUT2D eigenvalue weighted by Gasteiger charge is -2.13. The number of fused-ring (bicyclic) bond motifs is 3. The Kier molecular flexibility index (Phi) is 6.74. The fourth-order valence-electron chi connectivity index (χ4n) is 4.81. The van der Waals surface area contributed by atoms with Gasteiger partial charge in [0, 0.05) is 10.9 Å². The van der Waals surface area contributed by atoms with Crippen LogP contribution in [0.1, 0.15) is 20.7 Å². The molecule has 0 amide bonds. The van der Waals surface area contributed by atoms with Gasteiger partial charge in [0.1, 0.15) is 11.3 Å². The normalized spacial score (nSPS) is 10.7. The number of carboxylic acid groups (broad SMARTS) is 2. The molecule has 6 aromatic carbocycles. The van der Waals surface area contributed by atoms with Crippen molar-refractivity contribution < 1.29 is 24.5 Å². The summed E-state index contributed by atoms with van der Waals surface area (Å²) in [4.78, 5) is 22.7. The second kappa shape index (κ2) is 10.4. The lowest BCUT2D eigenvalue weighted by Crippen LogP contribution is -2.00. The van der Waals surface area contributed by atoms with E-state index in [-0.39, 0.29) is 5.56 Å². The molecule has 0 aliphatic carbocycles. The molecule has 0 saturated heterocycles. The van der Waals surface area contributed by atoms with Crippen LogP contribution in [-0.2, 0) is 0 Å². The molecule has 0 radical (unpaired) electrons. The Balaban J connectivity index is 0.000000170. The molecule has 0 aliphatic heterocycles. The molecule has 5 nitrogen and oxygen atoms in total. The maximum atomic E-state index is 11.8. The Morgan fingerprint density at radius 3 is 1.61 bits per heavy atom. The van der Waals surface area contributed by atoms with Gasteiger partial charge in [-0.3, -0.25) is 0 Å². The molecule has 186 valence electrons. The van der Waals surface area contributed by atoms with Crippen molar-refractivity contribution in [3.8, 4) is 16.9 Å². The molecule has 0 bridgehead atoms. The highest BCUT2D eigenvalue weighted by molar-refractivity contribution is 6.12. The number of hydrogen-bond donors (Lipinski definition) is 2. The number of ether oxygens (including phenoxy) is 1. The summed E-state index contributed by atoms with van der Waals surface area (Å²) in [6.45, 7) is 0. The Hall–Kier alpha value is -5.16. The van der Waals surface area contributed by atoms with Crippen molar-refractivity contribution in [3.05, 3.63) is 126 Å². The number of hydrogen-bond acceptors (Lipinski definition) is 3. The molecular formula is C33H24O5. The quantitative estimate of drug-likeness (QED) is 0.257. The highest BCUT2D eigenvalue weighted by Gasteiger charge is 2.17. The van der Waals surface area contributed by atoms with Crippen LogP contribution in [0.25, 0.3) is 43.4 Å². The van der Waals surface area contributed by atoms with E-state index in [0.717, 1.165) is 43.4 Å². The number of benzene rings is 6. The van der Waals surface area contributed by atoms with Gasteiger partial charge in [-0.2, -0.15) is 0 Å². The fraction of sp³-hybridized carbons (Fsp3) is 0.0303. The average molecular weight is 501 g/mol. The zero-order valence-electron chi connectivity index (χ0n) is 20.6. The first kappa shape index (κ1) is 24.5. The van der Waals surface area contributed by atoms with Crippen LogP contribution in [0.3, 0.4) is 0 Å². The molecule has 0 aromatic heterocycles. The van der Waals surface area contributed by atoms with Gasteiger partial charge in [-0.25, -0.2) is 9.59 Å². The molecule has 6 aromatic rings. The van der Waals surface area contributed by atoms with Crippen molar-refractivity contribution >= 4 is 44.3 Å². The number of carbonyl (C=O) groups is 2. The van der Waals surface area contributed by atoms with Crippen molar-refractivity contribution in [1.29, 1.82) is 0 Å². The monoisotopic (exact) mass is 500 g/mol. The second-order valence-corrected chi connectivity index (χ2v) is 8.71. The minimum Gasteiger partial charge on any atom is -0.495 e. The van der Waals surface area contributed by atoms with Crippen LogP contribution in [0.2, 0.25) is 0 Å². The van der Waals surface area contributed by atoms with E-state index in [2.05, 4.69) is 0 Å². The third-order valence-electron chi connectivity index (χ3n) is 6.53. The smallest absolute Gasteiger partial charge is 0.339 e. The Labute approximate surface area is 219 Å². The average Bonchev–Trinajstić information content (AvgIpc) is 2.95. The van der Waals surface area contributed by atoms with Gasteiger partial charge in [0.15, 0.2) is 0 Å². The van der Waals surface area contributed by atoms with Gasteiger partial charge in [0.05, 0.1) is 12.7 Å². The standard InChI is InChI=1S/C21H14O2.C12H10O3/c22-21(23)19-13-12-15-7-2-4-10-17(15)20(19)18-11-5-8-14-6-1-3-9-16(14)18;1-15-11-9-5-3-2-4-8(9)6-7-10(11)12(13)14/h1-13H,(H,22,23);2-7H,1H3,(H,13,14). The van der Waals surface area contributed by atoms with Gasteiger partial charge in [0.2, 0.25) is 0 Å². The molecule has 0 heterocycles. The van der Waals surface area contributed by atoms with Gasteiger partial charge in [0.25, 0.3) is 0 Å². The molecule has 2 N–H and O–H groups in total. The van der Waals surface area contributed by atoms with E-state index in [1.807, 2.05) is 97.1 Å². The van der Waals surface area contributed by atoms with Crippen molar-refractivity contribution in [2.24, 2.45) is 0 Å². The highest BCUT2D eigenvalue weighted by Crippen LogP contribution is 2.36. The summed E-state index contributed by atoms with van der Waals surface area (Å²) < 4.78 is 5.14. The Morgan fingerprint density at radius 1 is 0.526 bits per heavy atom. The number of carboxylic acids is 2. The van der Waals surface area contributed by atoms with Crippen LogP contribution < -0.4 is 4.74 Å². The van der Waals surface area contributed by atoms with Crippen molar-refractivity contribution in [2.45, 2.75) is 0 Å². The van der Waals surface area contributed by atoms with Crippen LogP contribution >= 0.6 is 0 Å². The van der Waals surface area contributed by atoms with Gasteiger partial charge in [-0.15, -0.1) is 0 Å². The first-order valence-corrected chi connectivity index (χ1v) is 12.0. The van der Waals surface area contributed by atoms with Gasteiger partial charge >= 0.3 is 11.9 Å². The second-order valence-electron chi connectivity index (χ2n) is 8.71. The minimum atomic E-state index is -0.974. The molecule has 0 fully saturated rings. The van der Waals surface area contributed by atoms with E-state index in [4.69, 9.17) is 9.84 Å². The van der Waals surface area contributed by atoms with Crippen LogP contribution in [-0.4, -0.2) is 29.3 Å². The summed E-state index contributed by atoms with van der Waals surface area (Å²) in [5.74, 6) is -1.46. The lowest BCUT2D eigenvalue weighted by atomic mass is 9.90. The van der Waals surface area contributed by atoms with Crippen molar-refractivity contribution in [2.75, 3.05) is 7.11 Å². The summed E-state index contributed by atoms with van der Waals surface area (Å²) in [7, 11) is 1.48. The predicted molar refractivity (Wildman–Crippen MR) is 151 cm³/mol. The van der Waals surface area contributed by atoms with Crippen LogP contribution in [0.4, 0.5) is 0 Å². The van der Waals surface area contributed by atoms with E-state index in [1.165, 1.54) is 7.11 Å². The maximum Gasteiger partial charge on any atom is 0.339 e. The molecule has 0 spiro atoms. The summed E-state index contributed by atoms with van der Waals surface area (Å²) in [6, 6.07) is 36.4. The van der Waals surface area contributed by atoms with E-state index < -0.39 is 11.9 Å². The predicted octanol–water partition coefficient (Wildman–Crippen LogP) is 7.90. The topological polar surface area (TPSA) is 83.8 Å². The van der Waals surface area contributed by atoms with Crippen LogP contribution in [0, 0.1) is 0 Å². The molecule has 0 saturated carbocycles. The van der Waals surface area contributed by atoms with E-state index in [9.17, 15) is 14.7 Å². The van der Waals surface area contributed by atoms with Crippen molar-refractivity contribution in [3.63, 3.8) is 0 Å². The van der Waals surface area contributed by atoms with Gasteiger partial charge < -0.3 is 14.9 Å². The third-order valence-corrected chi connectivity index (χ3v) is 6.53. The number of methoxy groups -OCH3 is 1. The molecule has 6 rings (SSSR count). The number of rotatable bonds is 4. The summed E-state index contributed by atoms with van der Waals surface area (Å²) in [5.41, 5.74) is 2.26. The molecule has 38 heavy (non-hydrogen) atoms. The Bertz CT molecular complexity index is 1810. The molecule has 0 aliphatic rings. The zero-order valence-corrected chi connectivity index (χ0v) is 20.6. The first-order valence-electron chi connectivity index (χ1n) is 12.0. The first-order chi connectivity index (χ1) is 18.5. The Morgan fingerprint density at radius 2 is 1.00 bits per heavy atom. The zero-order chi connectivity index (χ0) is 26.6. The van der Waals surface area contributed by atoms with E-state index in [0.29, 0.717) is 11.3 Å². The summed E-state index contributed by atoms with van der Waals surface area (Å²) in [6.07, 6.45) is 0. The van der Waals surface area contributed by atoms with Crippen LogP contribution in [0.15, 0.2) is 115 Å². The fourth-order valence-corrected chi connectivity index (χ4v) is 4.81. The van der Waals surface area contributed by atoms with E-state index >= 15 is 0 Å². The molecular weight excluding hydrogens is 476 g/mol. The third kappa shape index (κ3) is 4.53. The minimum absolute atomic E-state index is 0.191. The van der Waals surface area contributed by atoms with Crippen molar-refractivity contribution in [1.82, 2.24) is 0 Å². The molecule has 5 heteroatoms. The SMILES string of the molecule is COc1c(C(=O)O)ccc2ccccc12.O=C(O)c1ccc2ccccc2c1-c1cccc2ccccc12. The van der Waals surface area contributed by atoms with E-state index in [1.54, 1.807) is 18.2 Å². The lowest BCUT2D eigenvalue weighted by molar-refractivity contribution is 0.0684. The number of aromatic carboxylic acids is 2. The largest absolute Gasteiger partial charge is 0.495 e. The summed E-state index contributed by atoms with van der Waals surface area (Å²) in [5, 5.41) is 24.6.